The van der Waals surface area contributed by atoms with E-state index in [4.69, 9.17) is 9.84 Å². The van der Waals surface area contributed by atoms with E-state index in [9.17, 15) is 14.0 Å². The third kappa shape index (κ3) is 2.18. The quantitative estimate of drug-likeness (QED) is 0.801. The van der Waals surface area contributed by atoms with Crippen LogP contribution in [0.2, 0.25) is 0 Å². The summed E-state index contributed by atoms with van der Waals surface area (Å²) >= 11 is 0. The number of hydrogen-bond acceptors (Lipinski definition) is 3. The zero-order chi connectivity index (χ0) is 12.3. The summed E-state index contributed by atoms with van der Waals surface area (Å²) in [6, 6.07) is 2.30. The minimum Gasteiger partial charge on any atom is -0.478 e. The fourth-order valence-electron chi connectivity index (χ4n) is 1.28. The highest BCUT2D eigenvalue weighted by Gasteiger charge is 2.19. The van der Waals surface area contributed by atoms with E-state index < -0.39 is 23.3 Å². The molecule has 0 saturated carbocycles. The van der Waals surface area contributed by atoms with E-state index in [2.05, 4.69) is 0 Å². The molecule has 4 nitrogen and oxygen atoms in total. The van der Waals surface area contributed by atoms with Crippen molar-refractivity contribution in [2.24, 2.45) is 0 Å². The number of carboxylic acid groups (broad SMARTS) is 1. The van der Waals surface area contributed by atoms with Crippen molar-refractivity contribution in [2.75, 3.05) is 6.61 Å². The molecule has 0 aliphatic carbocycles. The molecule has 0 spiro atoms. The second-order valence-electron chi connectivity index (χ2n) is 3.13. The number of rotatable bonds is 3. The lowest BCUT2D eigenvalue weighted by molar-refractivity contribution is 0.0523. The van der Waals surface area contributed by atoms with Crippen molar-refractivity contribution in [1.29, 1.82) is 0 Å². The summed E-state index contributed by atoms with van der Waals surface area (Å²) in [4.78, 5) is 22.0. The van der Waals surface area contributed by atoms with Gasteiger partial charge in [-0.25, -0.2) is 14.0 Å². The van der Waals surface area contributed by atoms with Crippen LogP contribution in [0.5, 0.6) is 0 Å². The molecule has 1 rings (SSSR count). The van der Waals surface area contributed by atoms with Crippen molar-refractivity contribution in [3.63, 3.8) is 0 Å². The first-order valence-corrected chi connectivity index (χ1v) is 4.68. The summed E-state index contributed by atoms with van der Waals surface area (Å²) in [6.07, 6.45) is 0. The maximum atomic E-state index is 13.5. The van der Waals surface area contributed by atoms with Gasteiger partial charge in [0.25, 0.3) is 0 Å². The van der Waals surface area contributed by atoms with Crippen molar-refractivity contribution < 1.29 is 23.8 Å². The number of ether oxygens (including phenoxy) is 1. The highest BCUT2D eigenvalue weighted by atomic mass is 19.1. The van der Waals surface area contributed by atoms with Gasteiger partial charge in [0.1, 0.15) is 5.82 Å². The first-order valence-electron chi connectivity index (χ1n) is 4.68. The van der Waals surface area contributed by atoms with Gasteiger partial charge < -0.3 is 9.84 Å². The van der Waals surface area contributed by atoms with Crippen LogP contribution >= 0.6 is 0 Å². The van der Waals surface area contributed by atoms with Crippen molar-refractivity contribution >= 4 is 11.9 Å². The molecule has 0 amide bonds. The van der Waals surface area contributed by atoms with E-state index in [1.165, 1.54) is 13.0 Å². The molecular weight excluding hydrogens is 215 g/mol. The molecule has 0 atom stereocenters. The standard InChI is InChI=1S/C11H11FO4/c1-3-16-11(15)7-4-5-8(10(13)14)9(12)6(7)2/h4-5H,3H2,1-2H3,(H,13,14). The Morgan fingerprint density at radius 2 is 1.94 bits per heavy atom. The van der Waals surface area contributed by atoms with Gasteiger partial charge in [-0.15, -0.1) is 0 Å². The molecule has 0 fully saturated rings. The Balaban J connectivity index is 3.21. The third-order valence-electron chi connectivity index (χ3n) is 2.11. The highest BCUT2D eigenvalue weighted by molar-refractivity contribution is 5.94. The first-order chi connectivity index (χ1) is 7.49. The molecule has 1 N–H and O–H groups in total. The molecule has 16 heavy (non-hydrogen) atoms. The lowest BCUT2D eigenvalue weighted by atomic mass is 10.0. The van der Waals surface area contributed by atoms with Crippen LogP contribution in [0.3, 0.4) is 0 Å². The maximum absolute atomic E-state index is 13.5. The van der Waals surface area contributed by atoms with E-state index in [1.807, 2.05) is 0 Å². The van der Waals surface area contributed by atoms with Crippen molar-refractivity contribution in [3.05, 3.63) is 34.6 Å². The van der Waals surface area contributed by atoms with Gasteiger partial charge in [0.05, 0.1) is 17.7 Å². The Kier molecular flexibility index (Phi) is 3.60. The highest BCUT2D eigenvalue weighted by Crippen LogP contribution is 2.18. The minimum absolute atomic E-state index is 0.0154. The zero-order valence-electron chi connectivity index (χ0n) is 8.91. The minimum atomic E-state index is -1.36. The predicted molar refractivity (Wildman–Crippen MR) is 54.1 cm³/mol. The predicted octanol–water partition coefficient (Wildman–Crippen LogP) is 2.01. The van der Waals surface area contributed by atoms with Gasteiger partial charge in [-0.05, 0) is 26.0 Å². The fraction of sp³-hybridized carbons (Fsp3) is 0.273. The molecule has 1 aromatic rings. The van der Waals surface area contributed by atoms with Gasteiger partial charge in [-0.2, -0.15) is 0 Å². The summed E-state index contributed by atoms with van der Waals surface area (Å²) < 4.78 is 18.2. The van der Waals surface area contributed by atoms with Crippen molar-refractivity contribution in [3.8, 4) is 0 Å². The number of hydrogen-bond donors (Lipinski definition) is 1. The molecule has 1 aromatic carbocycles. The summed E-state index contributed by atoms with van der Waals surface area (Å²) in [5.74, 6) is -2.93. The number of carbonyl (C=O) groups is 2. The Hall–Kier alpha value is -1.91. The largest absolute Gasteiger partial charge is 0.478 e. The summed E-state index contributed by atoms with van der Waals surface area (Å²) in [7, 11) is 0. The number of carboxylic acids is 1. The van der Waals surface area contributed by atoms with E-state index in [0.29, 0.717) is 0 Å². The van der Waals surface area contributed by atoms with Crippen LogP contribution in [0.4, 0.5) is 4.39 Å². The molecule has 0 bridgehead atoms. The van der Waals surface area contributed by atoms with Crippen LogP contribution in [-0.4, -0.2) is 23.7 Å². The molecule has 86 valence electrons. The summed E-state index contributed by atoms with van der Waals surface area (Å²) in [5.41, 5.74) is -0.423. The van der Waals surface area contributed by atoms with E-state index in [0.717, 1.165) is 6.07 Å². The number of benzene rings is 1. The average Bonchev–Trinajstić information content (AvgIpc) is 2.21. The van der Waals surface area contributed by atoms with Gasteiger partial charge in [0.2, 0.25) is 0 Å². The molecule has 5 heteroatoms. The molecule has 0 aliphatic rings. The van der Waals surface area contributed by atoms with Crippen LogP contribution in [0.25, 0.3) is 0 Å². The molecule has 0 saturated heterocycles. The Bertz CT molecular complexity index is 440. The topological polar surface area (TPSA) is 63.6 Å². The van der Waals surface area contributed by atoms with E-state index in [1.54, 1.807) is 6.92 Å². The molecule has 0 aliphatic heterocycles. The van der Waals surface area contributed by atoms with Crippen LogP contribution in [0, 0.1) is 12.7 Å². The van der Waals surface area contributed by atoms with Crippen LogP contribution in [0.15, 0.2) is 12.1 Å². The van der Waals surface area contributed by atoms with Crippen LogP contribution < -0.4 is 0 Å². The Morgan fingerprint density at radius 1 is 1.38 bits per heavy atom. The van der Waals surface area contributed by atoms with Crippen molar-refractivity contribution in [1.82, 2.24) is 0 Å². The van der Waals surface area contributed by atoms with Gasteiger partial charge >= 0.3 is 11.9 Å². The van der Waals surface area contributed by atoms with Crippen molar-refractivity contribution in [2.45, 2.75) is 13.8 Å². The smallest absolute Gasteiger partial charge is 0.338 e. The zero-order valence-corrected chi connectivity index (χ0v) is 8.91. The molecule has 0 aromatic heterocycles. The van der Waals surface area contributed by atoms with Crippen LogP contribution in [0.1, 0.15) is 33.2 Å². The second kappa shape index (κ2) is 4.74. The Labute approximate surface area is 91.7 Å². The average molecular weight is 226 g/mol. The number of aromatic carboxylic acids is 1. The number of esters is 1. The van der Waals surface area contributed by atoms with Gasteiger partial charge in [-0.1, -0.05) is 0 Å². The third-order valence-corrected chi connectivity index (χ3v) is 2.11. The first kappa shape index (κ1) is 12.2. The summed E-state index contributed by atoms with van der Waals surface area (Å²) in [6.45, 7) is 3.16. The number of halogens is 1. The van der Waals surface area contributed by atoms with E-state index in [-0.39, 0.29) is 17.7 Å². The fourth-order valence-corrected chi connectivity index (χ4v) is 1.28. The molecule has 0 heterocycles. The van der Waals surface area contributed by atoms with Gasteiger partial charge in [-0.3, -0.25) is 0 Å². The Morgan fingerprint density at radius 3 is 2.44 bits per heavy atom. The second-order valence-corrected chi connectivity index (χ2v) is 3.13. The SMILES string of the molecule is CCOC(=O)c1ccc(C(=O)O)c(F)c1C. The maximum Gasteiger partial charge on any atom is 0.338 e. The monoisotopic (exact) mass is 226 g/mol. The number of carbonyl (C=O) groups excluding carboxylic acids is 1. The van der Waals surface area contributed by atoms with Crippen LogP contribution in [-0.2, 0) is 4.74 Å². The van der Waals surface area contributed by atoms with E-state index >= 15 is 0 Å². The molecule has 0 unspecified atom stereocenters. The molecule has 0 radical (unpaired) electrons. The normalized spacial score (nSPS) is 9.94. The molecular formula is C11H11FO4. The summed E-state index contributed by atoms with van der Waals surface area (Å²) in [5, 5.41) is 8.67. The van der Waals surface area contributed by atoms with Gasteiger partial charge in [0.15, 0.2) is 0 Å². The lowest BCUT2D eigenvalue weighted by Gasteiger charge is -2.07. The van der Waals surface area contributed by atoms with Gasteiger partial charge in [0, 0.05) is 5.56 Å². The lowest BCUT2D eigenvalue weighted by Crippen LogP contribution is -2.11.